The van der Waals surface area contributed by atoms with Crippen molar-refractivity contribution in [2.75, 3.05) is 13.7 Å². The largest absolute Gasteiger partial charge is 0.497 e. The van der Waals surface area contributed by atoms with Crippen LogP contribution in [0.2, 0.25) is 0 Å². The lowest BCUT2D eigenvalue weighted by Gasteiger charge is -2.09. The standard InChI is InChI=1S/C30H25NO5S/c1-19-14-25(12-13-26(19)36-18-28(32)33)35-17-27-31-29(22-8-5-9-24(16-22)34-2)30(37-27)23-11-10-20-6-3-4-7-21(20)15-23/h3-16H,17-18H2,1-2H3,(H,32,33). The molecular formula is C30H25NO5S. The highest BCUT2D eigenvalue weighted by Gasteiger charge is 2.17. The fraction of sp³-hybridized carbons (Fsp3) is 0.133. The number of hydrogen-bond acceptors (Lipinski definition) is 6. The number of aryl methyl sites for hydroxylation is 1. The van der Waals surface area contributed by atoms with E-state index in [1.54, 1.807) is 30.6 Å². The first kappa shape index (κ1) is 24.3. The monoisotopic (exact) mass is 511 g/mol. The fourth-order valence-corrected chi connectivity index (χ4v) is 5.07. The number of aliphatic carboxylic acids is 1. The zero-order valence-electron chi connectivity index (χ0n) is 20.4. The molecule has 186 valence electrons. The zero-order chi connectivity index (χ0) is 25.8. The van der Waals surface area contributed by atoms with Crippen molar-refractivity contribution in [2.24, 2.45) is 0 Å². The van der Waals surface area contributed by atoms with Crippen LogP contribution < -0.4 is 14.2 Å². The smallest absolute Gasteiger partial charge is 0.341 e. The molecule has 0 amide bonds. The molecule has 0 bridgehead atoms. The van der Waals surface area contributed by atoms with Gasteiger partial charge in [-0.1, -0.05) is 48.5 Å². The number of fused-ring (bicyclic) bond motifs is 1. The molecule has 0 aliphatic rings. The molecule has 1 aromatic heterocycles. The van der Waals surface area contributed by atoms with Crippen LogP contribution in [0.25, 0.3) is 32.5 Å². The number of methoxy groups -OCH3 is 1. The highest BCUT2D eigenvalue weighted by Crippen LogP contribution is 2.39. The molecule has 1 N–H and O–H groups in total. The van der Waals surface area contributed by atoms with Crippen molar-refractivity contribution in [3.63, 3.8) is 0 Å². The molecule has 37 heavy (non-hydrogen) atoms. The van der Waals surface area contributed by atoms with E-state index in [4.69, 9.17) is 24.3 Å². The lowest BCUT2D eigenvalue weighted by atomic mass is 10.0. The fourth-order valence-electron chi connectivity index (χ4n) is 4.08. The molecule has 0 aliphatic heterocycles. The molecule has 0 atom stereocenters. The Labute approximate surface area is 218 Å². The lowest BCUT2D eigenvalue weighted by Crippen LogP contribution is -2.10. The summed E-state index contributed by atoms with van der Waals surface area (Å²) in [5.74, 6) is 0.930. The van der Waals surface area contributed by atoms with Gasteiger partial charge in [0.25, 0.3) is 0 Å². The van der Waals surface area contributed by atoms with E-state index >= 15 is 0 Å². The van der Waals surface area contributed by atoms with E-state index in [0.717, 1.165) is 38.0 Å². The number of carboxylic acid groups (broad SMARTS) is 1. The highest BCUT2D eigenvalue weighted by molar-refractivity contribution is 7.15. The Morgan fingerprint density at radius 3 is 2.49 bits per heavy atom. The maximum Gasteiger partial charge on any atom is 0.341 e. The Bertz CT molecular complexity index is 1580. The first-order valence-electron chi connectivity index (χ1n) is 11.7. The van der Waals surface area contributed by atoms with Crippen LogP contribution in [0.3, 0.4) is 0 Å². The Morgan fingerprint density at radius 2 is 1.70 bits per heavy atom. The molecule has 0 radical (unpaired) electrons. The Morgan fingerprint density at radius 1 is 0.865 bits per heavy atom. The van der Waals surface area contributed by atoms with E-state index in [2.05, 4.69) is 30.3 Å². The van der Waals surface area contributed by atoms with Gasteiger partial charge in [0.2, 0.25) is 0 Å². The number of hydrogen-bond donors (Lipinski definition) is 1. The van der Waals surface area contributed by atoms with Crippen LogP contribution in [0.1, 0.15) is 10.6 Å². The molecule has 0 unspecified atom stereocenters. The van der Waals surface area contributed by atoms with Crippen molar-refractivity contribution in [2.45, 2.75) is 13.5 Å². The molecule has 0 saturated heterocycles. The second-order valence-electron chi connectivity index (χ2n) is 8.48. The summed E-state index contributed by atoms with van der Waals surface area (Å²) in [5, 5.41) is 12.0. The van der Waals surface area contributed by atoms with E-state index in [0.29, 0.717) is 18.1 Å². The first-order chi connectivity index (χ1) is 18.0. The molecule has 4 aromatic carbocycles. The predicted octanol–water partition coefficient (Wildman–Crippen LogP) is 6.99. The SMILES string of the molecule is COc1cccc(-c2nc(COc3ccc(OCC(=O)O)c(C)c3)sc2-c2ccc3ccccc3c2)c1. The van der Waals surface area contributed by atoms with Crippen molar-refractivity contribution in [1.29, 1.82) is 0 Å². The first-order valence-corrected chi connectivity index (χ1v) is 12.5. The highest BCUT2D eigenvalue weighted by atomic mass is 32.1. The lowest BCUT2D eigenvalue weighted by molar-refractivity contribution is -0.139. The van der Waals surface area contributed by atoms with Crippen LogP contribution in [0.4, 0.5) is 0 Å². The van der Waals surface area contributed by atoms with Gasteiger partial charge in [-0.15, -0.1) is 11.3 Å². The number of carboxylic acids is 1. The third-order valence-corrected chi connectivity index (χ3v) is 6.96. The number of aromatic nitrogens is 1. The number of rotatable bonds is 9. The predicted molar refractivity (Wildman–Crippen MR) is 146 cm³/mol. The van der Waals surface area contributed by atoms with Gasteiger partial charge in [0.15, 0.2) is 6.61 Å². The number of nitrogens with zero attached hydrogens (tertiary/aromatic N) is 1. The van der Waals surface area contributed by atoms with E-state index in [1.807, 2.05) is 49.4 Å². The summed E-state index contributed by atoms with van der Waals surface area (Å²) in [6.45, 7) is 1.76. The topological polar surface area (TPSA) is 77.9 Å². The normalized spacial score (nSPS) is 10.9. The molecular weight excluding hydrogens is 486 g/mol. The van der Waals surface area contributed by atoms with Gasteiger partial charge in [0.1, 0.15) is 28.9 Å². The van der Waals surface area contributed by atoms with Crippen LogP contribution in [0, 0.1) is 6.92 Å². The molecule has 0 saturated carbocycles. The minimum atomic E-state index is -1.02. The minimum absolute atomic E-state index is 0.296. The molecule has 1 heterocycles. The van der Waals surface area contributed by atoms with Crippen LogP contribution in [-0.4, -0.2) is 29.8 Å². The van der Waals surface area contributed by atoms with Crippen molar-refractivity contribution in [3.05, 3.63) is 95.5 Å². The van der Waals surface area contributed by atoms with E-state index in [1.165, 1.54) is 10.8 Å². The Hall–Kier alpha value is -4.36. The van der Waals surface area contributed by atoms with Gasteiger partial charge in [0, 0.05) is 5.56 Å². The van der Waals surface area contributed by atoms with Crippen LogP contribution in [0.5, 0.6) is 17.2 Å². The maximum absolute atomic E-state index is 10.8. The second kappa shape index (κ2) is 10.7. The second-order valence-corrected chi connectivity index (χ2v) is 9.56. The minimum Gasteiger partial charge on any atom is -0.497 e. The molecule has 5 aromatic rings. The summed E-state index contributed by atoms with van der Waals surface area (Å²) in [6, 6.07) is 28.0. The average Bonchev–Trinajstić information content (AvgIpc) is 3.35. The summed E-state index contributed by atoms with van der Waals surface area (Å²) >= 11 is 1.60. The molecule has 7 heteroatoms. The maximum atomic E-state index is 10.8. The summed E-state index contributed by atoms with van der Waals surface area (Å²) in [6.07, 6.45) is 0. The van der Waals surface area contributed by atoms with Gasteiger partial charge in [-0.05, 0) is 65.2 Å². The zero-order valence-corrected chi connectivity index (χ0v) is 21.2. The third kappa shape index (κ3) is 5.57. The third-order valence-electron chi connectivity index (χ3n) is 5.89. The van der Waals surface area contributed by atoms with Crippen molar-refractivity contribution < 1.29 is 24.1 Å². The van der Waals surface area contributed by atoms with Gasteiger partial charge in [-0.25, -0.2) is 9.78 Å². The molecule has 0 aliphatic carbocycles. The quantitative estimate of drug-likeness (QED) is 0.230. The van der Waals surface area contributed by atoms with Gasteiger partial charge in [0.05, 0.1) is 17.7 Å². The van der Waals surface area contributed by atoms with Crippen LogP contribution in [0.15, 0.2) is 84.9 Å². The summed E-state index contributed by atoms with van der Waals surface area (Å²) < 4.78 is 16.8. The van der Waals surface area contributed by atoms with Gasteiger partial charge in [-0.2, -0.15) is 0 Å². The number of benzene rings is 4. The van der Waals surface area contributed by atoms with Crippen LogP contribution >= 0.6 is 11.3 Å². The van der Waals surface area contributed by atoms with Crippen molar-refractivity contribution in [1.82, 2.24) is 4.98 Å². The van der Waals surface area contributed by atoms with Crippen LogP contribution in [-0.2, 0) is 11.4 Å². The van der Waals surface area contributed by atoms with Gasteiger partial charge in [-0.3, -0.25) is 0 Å². The molecule has 6 nitrogen and oxygen atoms in total. The Kier molecular flexibility index (Phi) is 7.05. The molecule has 5 rings (SSSR count). The van der Waals surface area contributed by atoms with Gasteiger partial charge < -0.3 is 19.3 Å². The van der Waals surface area contributed by atoms with E-state index < -0.39 is 5.97 Å². The number of thiazole rings is 1. The molecule has 0 fully saturated rings. The molecule has 0 spiro atoms. The Balaban J connectivity index is 1.45. The number of ether oxygens (including phenoxy) is 3. The average molecular weight is 512 g/mol. The van der Waals surface area contributed by atoms with Crippen molar-refractivity contribution >= 4 is 28.1 Å². The summed E-state index contributed by atoms with van der Waals surface area (Å²) in [7, 11) is 1.66. The summed E-state index contributed by atoms with van der Waals surface area (Å²) in [4.78, 5) is 16.8. The summed E-state index contributed by atoms with van der Waals surface area (Å²) in [5.41, 5.74) is 3.75. The van der Waals surface area contributed by atoms with Gasteiger partial charge >= 0.3 is 5.97 Å². The van der Waals surface area contributed by atoms with Crippen molar-refractivity contribution in [3.8, 4) is 38.9 Å². The number of carbonyl (C=O) groups is 1. The van der Waals surface area contributed by atoms with E-state index in [-0.39, 0.29) is 6.61 Å². The van der Waals surface area contributed by atoms with E-state index in [9.17, 15) is 4.79 Å².